The van der Waals surface area contributed by atoms with Crippen molar-refractivity contribution in [2.75, 3.05) is 10.6 Å². The molecule has 8 heteroatoms. The third kappa shape index (κ3) is 5.02. The van der Waals surface area contributed by atoms with E-state index < -0.39 is 0 Å². The highest BCUT2D eigenvalue weighted by molar-refractivity contribution is 5.99. The number of carbonyl (C=O) groups is 1. The average Bonchev–Trinajstić information content (AvgIpc) is 3.52. The zero-order chi connectivity index (χ0) is 23.3. The number of hydrogen-bond donors (Lipinski definition) is 2. The monoisotopic (exact) mass is 450 g/mol. The van der Waals surface area contributed by atoms with Gasteiger partial charge < -0.3 is 19.7 Å². The van der Waals surface area contributed by atoms with Crippen molar-refractivity contribution in [3.63, 3.8) is 0 Å². The number of hydrogen-bond acceptors (Lipinski definition) is 5. The van der Waals surface area contributed by atoms with Gasteiger partial charge in [0, 0.05) is 29.7 Å². The Hall–Kier alpha value is -4.72. The fourth-order valence-corrected chi connectivity index (χ4v) is 3.42. The van der Waals surface area contributed by atoms with Crippen LogP contribution in [0.15, 0.2) is 95.9 Å². The van der Waals surface area contributed by atoms with E-state index in [1.165, 1.54) is 0 Å². The van der Waals surface area contributed by atoms with Crippen LogP contribution >= 0.6 is 0 Å². The molecule has 0 bridgehead atoms. The smallest absolute Gasteiger partial charge is 0.323 e. The summed E-state index contributed by atoms with van der Waals surface area (Å²) in [6, 6.07) is 24.7. The molecule has 0 aliphatic carbocycles. The quantitative estimate of drug-likeness (QED) is 0.351. The van der Waals surface area contributed by atoms with Crippen LogP contribution in [0.3, 0.4) is 0 Å². The lowest BCUT2D eigenvalue weighted by atomic mass is 10.2. The van der Waals surface area contributed by atoms with E-state index in [0.717, 1.165) is 22.4 Å². The van der Waals surface area contributed by atoms with E-state index in [1.807, 2.05) is 96.6 Å². The van der Waals surface area contributed by atoms with Crippen LogP contribution in [0.1, 0.15) is 11.1 Å². The van der Waals surface area contributed by atoms with Crippen LogP contribution < -0.4 is 10.6 Å². The molecule has 2 N–H and O–H groups in total. The van der Waals surface area contributed by atoms with Gasteiger partial charge in [-0.3, -0.25) is 0 Å². The second-order valence-electron chi connectivity index (χ2n) is 7.86. The Balaban J connectivity index is 1.19. The molecular formula is C26H22N6O2. The first-order valence-electron chi connectivity index (χ1n) is 10.8. The van der Waals surface area contributed by atoms with E-state index in [4.69, 9.17) is 4.52 Å². The van der Waals surface area contributed by atoms with E-state index in [0.29, 0.717) is 29.6 Å². The van der Waals surface area contributed by atoms with Gasteiger partial charge in [-0.2, -0.15) is 4.98 Å². The number of rotatable bonds is 6. The zero-order valence-corrected chi connectivity index (χ0v) is 18.5. The van der Waals surface area contributed by atoms with Gasteiger partial charge >= 0.3 is 6.03 Å². The summed E-state index contributed by atoms with van der Waals surface area (Å²) in [5, 5.41) is 9.71. The highest BCUT2D eigenvalue weighted by Gasteiger charge is 2.13. The van der Waals surface area contributed by atoms with Gasteiger partial charge in [-0.1, -0.05) is 65.3 Å². The number of imidazole rings is 1. The zero-order valence-electron chi connectivity index (χ0n) is 18.5. The Labute approximate surface area is 196 Å². The third-order valence-electron chi connectivity index (χ3n) is 5.20. The minimum atomic E-state index is -0.287. The van der Waals surface area contributed by atoms with Crippen LogP contribution in [0, 0.1) is 6.92 Å². The van der Waals surface area contributed by atoms with Gasteiger partial charge in [-0.05, 0) is 36.8 Å². The van der Waals surface area contributed by atoms with E-state index in [2.05, 4.69) is 25.8 Å². The van der Waals surface area contributed by atoms with Crippen molar-refractivity contribution in [3.05, 3.63) is 103 Å². The van der Waals surface area contributed by atoms with Crippen LogP contribution in [0.4, 0.5) is 16.2 Å². The van der Waals surface area contributed by atoms with Crippen molar-refractivity contribution in [1.29, 1.82) is 0 Å². The van der Waals surface area contributed by atoms with Crippen molar-refractivity contribution in [3.8, 4) is 23.0 Å². The topological polar surface area (TPSA) is 97.9 Å². The minimum Gasteiger partial charge on any atom is -0.332 e. The van der Waals surface area contributed by atoms with E-state index in [9.17, 15) is 4.79 Å². The summed E-state index contributed by atoms with van der Waals surface area (Å²) in [5.74, 6) is 0.899. The predicted molar refractivity (Wildman–Crippen MR) is 130 cm³/mol. The number of nitrogens with one attached hydrogen (secondary N) is 2. The molecule has 0 atom stereocenters. The molecule has 2 amide bonds. The number of benzene rings is 3. The van der Waals surface area contributed by atoms with Crippen LogP contribution in [0.25, 0.3) is 23.0 Å². The predicted octanol–water partition coefficient (Wildman–Crippen LogP) is 5.60. The highest BCUT2D eigenvalue weighted by atomic mass is 16.5. The molecule has 0 spiro atoms. The first-order valence-corrected chi connectivity index (χ1v) is 10.8. The number of anilines is 2. The molecule has 0 fully saturated rings. The van der Waals surface area contributed by atoms with Gasteiger partial charge in [-0.25, -0.2) is 9.78 Å². The summed E-state index contributed by atoms with van der Waals surface area (Å²) >= 11 is 0. The number of aryl methyl sites for hydroxylation is 1. The van der Waals surface area contributed by atoms with Gasteiger partial charge in [-0.15, -0.1) is 0 Å². The van der Waals surface area contributed by atoms with Gasteiger partial charge in [0.2, 0.25) is 5.82 Å². The van der Waals surface area contributed by atoms with E-state index in [-0.39, 0.29) is 6.03 Å². The molecular weight excluding hydrogens is 428 g/mol. The Kier molecular flexibility index (Phi) is 5.85. The van der Waals surface area contributed by atoms with Crippen LogP contribution in [0.2, 0.25) is 0 Å². The number of amides is 2. The summed E-state index contributed by atoms with van der Waals surface area (Å²) in [5.41, 5.74) is 5.15. The lowest BCUT2D eigenvalue weighted by Gasteiger charge is -2.09. The summed E-state index contributed by atoms with van der Waals surface area (Å²) in [7, 11) is 0. The van der Waals surface area contributed by atoms with Crippen LogP contribution in [0.5, 0.6) is 0 Å². The second kappa shape index (κ2) is 9.41. The molecule has 5 rings (SSSR count). The lowest BCUT2D eigenvalue weighted by Crippen LogP contribution is -2.19. The molecule has 168 valence electrons. The standard InChI is InChI=1S/C26H22N6O2/c1-18-7-11-21(12-8-18)28-26(33)29-22-13-9-19(10-14-22)15-32-16-23(27-17-32)25-30-24(31-34-25)20-5-3-2-4-6-20/h2-14,16-17H,15H2,1H3,(H2,28,29,33). The first-order chi connectivity index (χ1) is 16.6. The fourth-order valence-electron chi connectivity index (χ4n) is 3.42. The van der Waals surface area contributed by atoms with E-state index in [1.54, 1.807) is 6.33 Å². The molecule has 8 nitrogen and oxygen atoms in total. The van der Waals surface area contributed by atoms with Crippen molar-refractivity contribution < 1.29 is 9.32 Å². The first kappa shape index (κ1) is 21.1. The Bertz CT molecular complexity index is 1390. The largest absolute Gasteiger partial charge is 0.332 e. The summed E-state index contributed by atoms with van der Waals surface area (Å²) in [6.07, 6.45) is 3.59. The molecule has 3 aromatic carbocycles. The van der Waals surface area contributed by atoms with E-state index >= 15 is 0 Å². The maximum atomic E-state index is 12.2. The second-order valence-corrected chi connectivity index (χ2v) is 7.86. The molecule has 0 aliphatic heterocycles. The SMILES string of the molecule is Cc1ccc(NC(=O)Nc2ccc(Cn3cnc(-c4nc(-c5ccccc5)no4)c3)cc2)cc1. The molecule has 34 heavy (non-hydrogen) atoms. The molecule has 0 radical (unpaired) electrons. The molecule has 0 aliphatic rings. The summed E-state index contributed by atoms with van der Waals surface area (Å²) in [4.78, 5) is 21.1. The Morgan fingerprint density at radius 3 is 2.29 bits per heavy atom. The van der Waals surface area contributed by atoms with Gasteiger partial charge in [0.05, 0.1) is 6.33 Å². The number of nitrogens with zero attached hydrogens (tertiary/aromatic N) is 4. The minimum absolute atomic E-state index is 0.287. The van der Waals surface area contributed by atoms with Gasteiger partial charge in [0.15, 0.2) is 0 Å². The van der Waals surface area contributed by atoms with Crippen molar-refractivity contribution in [2.24, 2.45) is 0 Å². The van der Waals surface area contributed by atoms with Crippen molar-refractivity contribution in [2.45, 2.75) is 13.5 Å². The third-order valence-corrected chi connectivity index (χ3v) is 5.20. The van der Waals surface area contributed by atoms with Gasteiger partial charge in [0.1, 0.15) is 5.69 Å². The molecule has 5 aromatic rings. The molecule has 0 saturated carbocycles. The van der Waals surface area contributed by atoms with Crippen LogP contribution in [-0.2, 0) is 6.54 Å². The highest BCUT2D eigenvalue weighted by Crippen LogP contribution is 2.21. The number of urea groups is 1. The molecule has 2 heterocycles. The maximum absolute atomic E-state index is 12.2. The average molecular weight is 451 g/mol. The molecule has 2 aromatic heterocycles. The summed E-state index contributed by atoms with van der Waals surface area (Å²) < 4.78 is 7.33. The Morgan fingerprint density at radius 2 is 1.59 bits per heavy atom. The summed E-state index contributed by atoms with van der Waals surface area (Å²) in [6.45, 7) is 2.62. The maximum Gasteiger partial charge on any atom is 0.323 e. The number of carbonyl (C=O) groups excluding carboxylic acids is 1. The van der Waals surface area contributed by atoms with Crippen molar-refractivity contribution in [1.82, 2.24) is 19.7 Å². The number of aromatic nitrogens is 4. The van der Waals surface area contributed by atoms with Crippen molar-refractivity contribution >= 4 is 17.4 Å². The lowest BCUT2D eigenvalue weighted by molar-refractivity contribution is 0.262. The van der Waals surface area contributed by atoms with Gasteiger partial charge in [0.25, 0.3) is 5.89 Å². The molecule has 0 saturated heterocycles. The Morgan fingerprint density at radius 1 is 0.912 bits per heavy atom. The molecule has 0 unspecified atom stereocenters. The fraction of sp³-hybridized carbons (Fsp3) is 0.0769. The van der Waals surface area contributed by atoms with Crippen LogP contribution in [-0.4, -0.2) is 25.7 Å². The normalized spacial score (nSPS) is 10.7.